The van der Waals surface area contributed by atoms with Crippen LogP contribution in [0, 0.1) is 0 Å². The maximum absolute atomic E-state index is 8.91. The lowest BCUT2D eigenvalue weighted by Gasteiger charge is -2.08. The van der Waals surface area contributed by atoms with Gasteiger partial charge in [0.2, 0.25) is 0 Å². The number of anilines is 1. The first-order valence-electron chi connectivity index (χ1n) is 7.35. The number of H-pyrrole nitrogens is 1. The number of aromatic amines is 1. The quantitative estimate of drug-likeness (QED) is 0.644. The molecule has 3 nitrogen and oxygen atoms in total. The van der Waals surface area contributed by atoms with Gasteiger partial charge in [0.05, 0.1) is 0 Å². The number of aromatic nitrogens is 1. The van der Waals surface area contributed by atoms with Crippen LogP contribution in [-0.4, -0.2) is 16.7 Å². The fraction of sp³-hybridized carbons (Fsp3) is 0.222. The third kappa shape index (κ3) is 3.26. The van der Waals surface area contributed by atoms with Gasteiger partial charge in [-0.15, -0.1) is 0 Å². The van der Waals surface area contributed by atoms with Gasteiger partial charge in [-0.3, -0.25) is 0 Å². The molecule has 0 fully saturated rings. The zero-order valence-electron chi connectivity index (χ0n) is 12.0. The average Bonchev–Trinajstić information content (AvgIpc) is 2.95. The van der Waals surface area contributed by atoms with E-state index in [1.54, 1.807) is 0 Å². The molecule has 3 aromatic rings. The van der Waals surface area contributed by atoms with Gasteiger partial charge in [-0.05, 0) is 42.2 Å². The zero-order valence-corrected chi connectivity index (χ0v) is 12.0. The summed E-state index contributed by atoms with van der Waals surface area (Å²) in [5.41, 5.74) is 4.82. The molecule has 0 aliphatic carbocycles. The summed E-state index contributed by atoms with van der Waals surface area (Å²) in [5.74, 6) is 0. The van der Waals surface area contributed by atoms with Gasteiger partial charge in [0.15, 0.2) is 0 Å². The molecule has 0 saturated heterocycles. The molecule has 0 unspecified atom stereocenters. The lowest BCUT2D eigenvalue weighted by atomic mass is 10.1. The van der Waals surface area contributed by atoms with Crippen LogP contribution in [0.4, 0.5) is 5.69 Å². The monoisotopic (exact) mass is 280 g/mol. The van der Waals surface area contributed by atoms with Gasteiger partial charge in [0, 0.05) is 35.9 Å². The fourth-order valence-electron chi connectivity index (χ4n) is 2.60. The van der Waals surface area contributed by atoms with Crippen LogP contribution in [-0.2, 0) is 13.0 Å². The second kappa shape index (κ2) is 6.46. The Kier molecular flexibility index (Phi) is 4.22. The van der Waals surface area contributed by atoms with Crippen molar-refractivity contribution in [2.45, 2.75) is 19.4 Å². The van der Waals surface area contributed by atoms with Crippen LogP contribution in [0.2, 0.25) is 0 Å². The minimum atomic E-state index is 0.243. The Hall–Kier alpha value is -2.26. The molecule has 0 amide bonds. The third-order valence-electron chi connectivity index (χ3n) is 3.71. The second-order valence-corrected chi connectivity index (χ2v) is 5.24. The maximum atomic E-state index is 8.91. The first-order chi connectivity index (χ1) is 10.4. The van der Waals surface area contributed by atoms with Crippen LogP contribution in [0.15, 0.2) is 54.7 Å². The van der Waals surface area contributed by atoms with Crippen molar-refractivity contribution in [3.05, 3.63) is 65.9 Å². The number of rotatable bonds is 6. The Bertz CT molecular complexity index is 718. The topological polar surface area (TPSA) is 48.0 Å². The summed E-state index contributed by atoms with van der Waals surface area (Å²) in [5, 5.41) is 13.6. The van der Waals surface area contributed by atoms with E-state index >= 15 is 0 Å². The molecule has 0 saturated carbocycles. The predicted octanol–water partition coefficient (Wildman–Crippen LogP) is 3.70. The van der Waals surface area contributed by atoms with E-state index in [9.17, 15) is 0 Å². The van der Waals surface area contributed by atoms with Gasteiger partial charge >= 0.3 is 0 Å². The summed E-state index contributed by atoms with van der Waals surface area (Å²) in [6.45, 7) is 1.04. The summed E-state index contributed by atoms with van der Waals surface area (Å²) in [4.78, 5) is 3.30. The lowest BCUT2D eigenvalue weighted by Crippen LogP contribution is -1.99. The van der Waals surface area contributed by atoms with Crippen LogP contribution >= 0.6 is 0 Å². The normalized spacial score (nSPS) is 10.9. The van der Waals surface area contributed by atoms with Crippen LogP contribution in [0.3, 0.4) is 0 Å². The van der Waals surface area contributed by atoms with Crippen LogP contribution in [0.25, 0.3) is 10.9 Å². The minimum absolute atomic E-state index is 0.243. The van der Waals surface area contributed by atoms with Gasteiger partial charge in [-0.25, -0.2) is 0 Å². The Labute approximate surface area is 124 Å². The van der Waals surface area contributed by atoms with Crippen molar-refractivity contribution in [1.29, 1.82) is 0 Å². The van der Waals surface area contributed by atoms with E-state index in [1.165, 1.54) is 22.0 Å². The van der Waals surface area contributed by atoms with Gasteiger partial charge in [0.1, 0.15) is 0 Å². The summed E-state index contributed by atoms with van der Waals surface area (Å²) in [6.07, 6.45) is 3.79. The fourth-order valence-corrected chi connectivity index (χ4v) is 2.60. The molecule has 3 N–H and O–H groups in total. The highest BCUT2D eigenvalue weighted by Crippen LogP contribution is 2.19. The molecular formula is C18H20N2O. The largest absolute Gasteiger partial charge is 0.396 e. The van der Waals surface area contributed by atoms with Crippen LogP contribution in [0.1, 0.15) is 17.5 Å². The van der Waals surface area contributed by atoms with Crippen molar-refractivity contribution in [2.24, 2.45) is 0 Å². The molecule has 3 heteroatoms. The molecule has 108 valence electrons. The number of aliphatic hydroxyl groups excluding tert-OH is 1. The molecule has 0 spiro atoms. The lowest BCUT2D eigenvalue weighted by molar-refractivity contribution is 0.288. The van der Waals surface area contributed by atoms with Crippen molar-refractivity contribution in [1.82, 2.24) is 4.98 Å². The first kappa shape index (κ1) is 13.7. The number of fused-ring (bicyclic) bond motifs is 1. The van der Waals surface area contributed by atoms with E-state index in [4.69, 9.17) is 5.11 Å². The highest BCUT2D eigenvalue weighted by molar-refractivity contribution is 5.83. The summed E-state index contributed by atoms with van der Waals surface area (Å²) >= 11 is 0. The van der Waals surface area contributed by atoms with Gasteiger partial charge in [-0.2, -0.15) is 0 Å². The second-order valence-electron chi connectivity index (χ2n) is 5.24. The average molecular weight is 280 g/mol. The van der Waals surface area contributed by atoms with Gasteiger partial charge < -0.3 is 15.4 Å². The Morgan fingerprint density at radius 3 is 2.86 bits per heavy atom. The van der Waals surface area contributed by atoms with E-state index < -0.39 is 0 Å². The van der Waals surface area contributed by atoms with E-state index in [1.807, 2.05) is 6.07 Å². The van der Waals surface area contributed by atoms with Gasteiger partial charge in [0.25, 0.3) is 0 Å². The van der Waals surface area contributed by atoms with Crippen molar-refractivity contribution in [2.75, 3.05) is 11.9 Å². The molecule has 3 rings (SSSR count). The molecule has 0 atom stereocenters. The predicted molar refractivity (Wildman–Crippen MR) is 87.5 cm³/mol. The van der Waals surface area contributed by atoms with Crippen molar-refractivity contribution in [3.63, 3.8) is 0 Å². The smallest absolute Gasteiger partial charge is 0.0457 e. The van der Waals surface area contributed by atoms with E-state index in [-0.39, 0.29) is 6.61 Å². The van der Waals surface area contributed by atoms with E-state index in [0.717, 1.165) is 25.1 Å². The summed E-state index contributed by atoms with van der Waals surface area (Å²) in [7, 11) is 0. The number of aliphatic hydroxyl groups is 1. The molecule has 0 bridgehead atoms. The third-order valence-corrected chi connectivity index (χ3v) is 3.71. The van der Waals surface area contributed by atoms with Crippen molar-refractivity contribution < 1.29 is 5.11 Å². The van der Waals surface area contributed by atoms with Crippen molar-refractivity contribution in [3.8, 4) is 0 Å². The maximum Gasteiger partial charge on any atom is 0.0457 e. The molecule has 2 aromatic carbocycles. The Balaban J connectivity index is 1.70. The highest BCUT2D eigenvalue weighted by atomic mass is 16.2. The van der Waals surface area contributed by atoms with E-state index in [0.29, 0.717) is 0 Å². The molecule has 0 aliphatic rings. The molecular weight excluding hydrogens is 260 g/mol. The zero-order chi connectivity index (χ0) is 14.5. The molecule has 0 aliphatic heterocycles. The minimum Gasteiger partial charge on any atom is -0.396 e. The van der Waals surface area contributed by atoms with Crippen molar-refractivity contribution >= 4 is 16.6 Å². The van der Waals surface area contributed by atoms with Crippen LogP contribution in [0.5, 0.6) is 0 Å². The number of aryl methyl sites for hydroxylation is 1. The summed E-state index contributed by atoms with van der Waals surface area (Å²) in [6, 6.07) is 16.7. The summed E-state index contributed by atoms with van der Waals surface area (Å²) < 4.78 is 0. The Morgan fingerprint density at radius 2 is 1.95 bits per heavy atom. The molecule has 1 heterocycles. The highest BCUT2D eigenvalue weighted by Gasteiger charge is 2.03. The standard InChI is InChI=1S/C18H20N2O/c21-10-4-6-14-5-3-7-16(11-14)19-12-15-13-20-18-9-2-1-8-17(15)18/h1-3,5,7-9,11,13,19-21H,4,6,10,12H2. The Morgan fingerprint density at radius 1 is 1.05 bits per heavy atom. The first-order valence-corrected chi connectivity index (χ1v) is 7.35. The SMILES string of the molecule is OCCCc1cccc(NCc2c[nH]c3ccccc23)c1. The van der Waals surface area contributed by atoms with Crippen LogP contribution < -0.4 is 5.32 Å². The molecule has 1 aromatic heterocycles. The van der Waals surface area contributed by atoms with Gasteiger partial charge in [-0.1, -0.05) is 30.3 Å². The molecule has 21 heavy (non-hydrogen) atoms. The van der Waals surface area contributed by atoms with E-state index in [2.05, 4.69) is 59.0 Å². The number of hydrogen-bond acceptors (Lipinski definition) is 2. The number of para-hydroxylation sites is 1. The number of hydrogen-bond donors (Lipinski definition) is 3. The number of benzene rings is 2. The molecule has 0 radical (unpaired) electrons. The number of nitrogens with one attached hydrogen (secondary N) is 2.